The molecule has 94 valence electrons. The van der Waals surface area contributed by atoms with Gasteiger partial charge in [-0.05, 0) is 38.3 Å². The van der Waals surface area contributed by atoms with E-state index in [4.69, 9.17) is 10.5 Å². The van der Waals surface area contributed by atoms with Gasteiger partial charge in [0.2, 0.25) is 0 Å². The molecule has 1 aliphatic carbocycles. The first-order chi connectivity index (χ1) is 7.99. The average Bonchev–Trinajstić information content (AvgIpc) is 2.71. The molecular weight excluding hydrogens is 214 g/mol. The van der Waals surface area contributed by atoms with Gasteiger partial charge in [0.15, 0.2) is 0 Å². The number of phenolic OH excluding ortho intramolecular Hbond substituents is 1. The second-order valence-electron chi connectivity index (χ2n) is 5.11. The highest BCUT2D eigenvalue weighted by Gasteiger charge is 2.35. The maximum absolute atomic E-state index is 10.4. The Balaban J connectivity index is 2.58. The first-order valence-electron chi connectivity index (χ1n) is 6.16. The van der Waals surface area contributed by atoms with Crippen molar-refractivity contribution in [2.24, 2.45) is 5.73 Å². The van der Waals surface area contributed by atoms with Crippen LogP contribution in [0.25, 0.3) is 0 Å². The van der Waals surface area contributed by atoms with E-state index in [1.54, 1.807) is 7.11 Å². The van der Waals surface area contributed by atoms with Crippen molar-refractivity contribution < 1.29 is 9.84 Å². The Bertz CT molecular complexity index is 434. The number of ether oxygens (including phenoxy) is 1. The van der Waals surface area contributed by atoms with E-state index < -0.39 is 0 Å². The number of methoxy groups -OCH3 is 1. The Hall–Kier alpha value is -1.22. The van der Waals surface area contributed by atoms with Crippen LogP contribution in [0.1, 0.15) is 42.4 Å². The summed E-state index contributed by atoms with van der Waals surface area (Å²) in [6, 6.07) is 1.97. The first-order valence-corrected chi connectivity index (χ1v) is 6.16. The normalized spacial score (nSPS) is 18.4. The van der Waals surface area contributed by atoms with Crippen LogP contribution in [0.4, 0.5) is 0 Å². The molecule has 1 fully saturated rings. The summed E-state index contributed by atoms with van der Waals surface area (Å²) < 4.78 is 5.26. The summed E-state index contributed by atoms with van der Waals surface area (Å²) in [4.78, 5) is 0. The van der Waals surface area contributed by atoms with E-state index in [0.717, 1.165) is 48.1 Å². The molecule has 1 aliphatic rings. The Morgan fingerprint density at radius 2 is 1.88 bits per heavy atom. The lowest BCUT2D eigenvalue weighted by Gasteiger charge is -2.28. The van der Waals surface area contributed by atoms with Crippen molar-refractivity contribution in [3.8, 4) is 11.5 Å². The molecule has 0 atom stereocenters. The van der Waals surface area contributed by atoms with E-state index in [2.05, 4.69) is 0 Å². The van der Waals surface area contributed by atoms with Crippen molar-refractivity contribution in [3.63, 3.8) is 0 Å². The van der Waals surface area contributed by atoms with Gasteiger partial charge in [0.05, 0.1) is 7.11 Å². The molecule has 0 bridgehead atoms. The SMILES string of the molecule is COc1cc(C)c(C2(N)CCCC2)c(O)c1C. The first kappa shape index (κ1) is 12.2. The van der Waals surface area contributed by atoms with Gasteiger partial charge in [-0.3, -0.25) is 0 Å². The van der Waals surface area contributed by atoms with Crippen molar-refractivity contribution in [1.82, 2.24) is 0 Å². The standard InChI is InChI=1S/C14H21NO2/c1-9-8-11(17-3)10(2)13(16)12(9)14(15)6-4-5-7-14/h8,16H,4-7,15H2,1-3H3. The summed E-state index contributed by atoms with van der Waals surface area (Å²) in [7, 11) is 1.62. The van der Waals surface area contributed by atoms with Crippen LogP contribution < -0.4 is 10.5 Å². The Kier molecular flexibility index (Phi) is 3.04. The van der Waals surface area contributed by atoms with Gasteiger partial charge in [0.1, 0.15) is 11.5 Å². The molecule has 0 aliphatic heterocycles. The molecule has 0 radical (unpaired) electrons. The van der Waals surface area contributed by atoms with Crippen LogP contribution in [-0.4, -0.2) is 12.2 Å². The highest BCUT2D eigenvalue weighted by molar-refractivity contribution is 5.55. The van der Waals surface area contributed by atoms with Gasteiger partial charge >= 0.3 is 0 Å². The minimum atomic E-state index is -0.356. The number of rotatable bonds is 2. The zero-order valence-electron chi connectivity index (χ0n) is 10.8. The van der Waals surface area contributed by atoms with E-state index in [-0.39, 0.29) is 5.54 Å². The summed E-state index contributed by atoms with van der Waals surface area (Å²) in [5, 5.41) is 10.4. The number of aromatic hydroxyl groups is 1. The second-order valence-corrected chi connectivity index (χ2v) is 5.11. The highest BCUT2D eigenvalue weighted by atomic mass is 16.5. The number of hydrogen-bond donors (Lipinski definition) is 2. The molecule has 0 saturated heterocycles. The predicted molar refractivity (Wildman–Crippen MR) is 68.5 cm³/mol. The van der Waals surface area contributed by atoms with Crippen molar-refractivity contribution >= 4 is 0 Å². The topological polar surface area (TPSA) is 55.5 Å². The van der Waals surface area contributed by atoms with Crippen LogP contribution in [0.5, 0.6) is 11.5 Å². The van der Waals surface area contributed by atoms with Crippen molar-refractivity contribution in [2.75, 3.05) is 7.11 Å². The van der Waals surface area contributed by atoms with Gasteiger partial charge in [-0.25, -0.2) is 0 Å². The maximum atomic E-state index is 10.4. The van der Waals surface area contributed by atoms with E-state index in [0.29, 0.717) is 5.75 Å². The van der Waals surface area contributed by atoms with Gasteiger partial charge in [-0.1, -0.05) is 12.8 Å². The smallest absolute Gasteiger partial charge is 0.127 e. The Morgan fingerprint density at radius 3 is 2.41 bits per heavy atom. The molecule has 17 heavy (non-hydrogen) atoms. The summed E-state index contributed by atoms with van der Waals surface area (Å²) in [6.45, 7) is 3.86. The fraction of sp³-hybridized carbons (Fsp3) is 0.571. The lowest BCUT2D eigenvalue weighted by molar-refractivity contribution is 0.384. The van der Waals surface area contributed by atoms with Crippen LogP contribution in [0.15, 0.2) is 6.07 Å². The Morgan fingerprint density at radius 1 is 1.29 bits per heavy atom. The van der Waals surface area contributed by atoms with Crippen molar-refractivity contribution in [1.29, 1.82) is 0 Å². The molecule has 0 aromatic heterocycles. The summed E-state index contributed by atoms with van der Waals surface area (Å²) in [6.07, 6.45) is 4.18. The predicted octanol–water partition coefficient (Wildman–Crippen LogP) is 2.75. The number of nitrogens with two attached hydrogens (primary N) is 1. The van der Waals surface area contributed by atoms with Gasteiger partial charge in [-0.15, -0.1) is 0 Å². The number of hydrogen-bond acceptors (Lipinski definition) is 3. The Labute approximate surface area is 103 Å². The van der Waals surface area contributed by atoms with Gasteiger partial charge in [-0.2, -0.15) is 0 Å². The largest absolute Gasteiger partial charge is 0.507 e. The highest BCUT2D eigenvalue weighted by Crippen LogP contribution is 2.45. The van der Waals surface area contributed by atoms with Crippen LogP contribution >= 0.6 is 0 Å². The van der Waals surface area contributed by atoms with Crippen molar-refractivity contribution in [3.05, 3.63) is 22.8 Å². The molecule has 0 amide bonds. The summed E-state index contributed by atoms with van der Waals surface area (Å²) >= 11 is 0. The van der Waals surface area contributed by atoms with E-state index in [1.807, 2.05) is 19.9 Å². The summed E-state index contributed by atoms with van der Waals surface area (Å²) in [5.41, 5.74) is 8.80. The van der Waals surface area contributed by atoms with Gasteiger partial charge in [0.25, 0.3) is 0 Å². The third-order valence-electron chi connectivity index (χ3n) is 3.92. The molecular formula is C14H21NO2. The van der Waals surface area contributed by atoms with Gasteiger partial charge in [0, 0.05) is 16.7 Å². The monoisotopic (exact) mass is 235 g/mol. The van der Waals surface area contributed by atoms with Crippen LogP contribution in [0.2, 0.25) is 0 Å². The maximum Gasteiger partial charge on any atom is 0.127 e. The zero-order valence-corrected chi connectivity index (χ0v) is 10.8. The molecule has 0 spiro atoms. The number of aryl methyl sites for hydroxylation is 1. The molecule has 0 unspecified atom stereocenters. The zero-order chi connectivity index (χ0) is 12.6. The summed E-state index contributed by atoms with van der Waals surface area (Å²) in [5.74, 6) is 1.04. The minimum Gasteiger partial charge on any atom is -0.507 e. The van der Waals surface area contributed by atoms with Crippen LogP contribution in [0.3, 0.4) is 0 Å². The minimum absolute atomic E-state index is 0.311. The third kappa shape index (κ3) is 1.89. The van der Waals surface area contributed by atoms with Gasteiger partial charge < -0.3 is 15.6 Å². The molecule has 1 saturated carbocycles. The fourth-order valence-electron chi connectivity index (χ4n) is 2.96. The van der Waals surface area contributed by atoms with Crippen LogP contribution in [0, 0.1) is 13.8 Å². The molecule has 1 aromatic rings. The lowest BCUT2D eigenvalue weighted by Crippen LogP contribution is -2.34. The molecule has 3 nitrogen and oxygen atoms in total. The molecule has 0 heterocycles. The van der Waals surface area contributed by atoms with Crippen molar-refractivity contribution in [2.45, 2.75) is 45.1 Å². The average molecular weight is 235 g/mol. The fourth-order valence-corrected chi connectivity index (χ4v) is 2.96. The molecule has 1 aromatic carbocycles. The lowest BCUT2D eigenvalue weighted by atomic mass is 9.84. The molecule has 3 N–H and O–H groups in total. The molecule has 2 rings (SSSR count). The van der Waals surface area contributed by atoms with Crippen LogP contribution in [-0.2, 0) is 5.54 Å². The third-order valence-corrected chi connectivity index (χ3v) is 3.92. The molecule has 3 heteroatoms. The quantitative estimate of drug-likeness (QED) is 0.828. The van der Waals surface area contributed by atoms with E-state index in [1.165, 1.54) is 0 Å². The van der Waals surface area contributed by atoms with E-state index >= 15 is 0 Å². The number of benzene rings is 1. The van der Waals surface area contributed by atoms with E-state index in [9.17, 15) is 5.11 Å². The second kappa shape index (κ2) is 4.22. The number of phenols is 1.